The highest BCUT2D eigenvalue weighted by atomic mass is 33.1. The predicted molar refractivity (Wildman–Crippen MR) is 154 cm³/mol. The highest BCUT2D eigenvalue weighted by Crippen LogP contribution is 2.20. The van der Waals surface area contributed by atoms with Gasteiger partial charge in [-0.3, -0.25) is 0 Å². The molecule has 0 aromatic rings. The van der Waals surface area contributed by atoms with E-state index in [2.05, 4.69) is 30.7 Å². The molecule has 0 rings (SSSR count). The van der Waals surface area contributed by atoms with Crippen molar-refractivity contribution >= 4 is 73.9 Å². The first-order chi connectivity index (χ1) is 17.8. The van der Waals surface area contributed by atoms with Crippen LogP contribution in [0, 0.1) is 0 Å². The van der Waals surface area contributed by atoms with E-state index in [4.69, 9.17) is 14.2 Å². The van der Waals surface area contributed by atoms with E-state index in [1.807, 2.05) is 0 Å². The summed E-state index contributed by atoms with van der Waals surface area (Å²) in [5.41, 5.74) is -1.14. The molecule has 220 valence electrons. The number of aliphatic imine (C=N–C) groups is 1. The second-order valence-corrected chi connectivity index (χ2v) is 14.3. The van der Waals surface area contributed by atoms with Crippen LogP contribution in [0.3, 0.4) is 0 Å². The van der Waals surface area contributed by atoms with Crippen LogP contribution < -0.4 is 16.0 Å². The fourth-order valence-electron chi connectivity index (χ4n) is 1.77. The van der Waals surface area contributed by atoms with Gasteiger partial charge in [0.1, 0.15) is 11.2 Å². The van der Waals surface area contributed by atoms with Crippen LogP contribution in [0.5, 0.6) is 0 Å². The van der Waals surface area contributed by atoms with E-state index in [9.17, 15) is 19.2 Å². The van der Waals surface area contributed by atoms with E-state index >= 15 is 0 Å². The fourth-order valence-corrected chi connectivity index (χ4v) is 5.33. The quantitative estimate of drug-likeness (QED) is 0.0582. The van der Waals surface area contributed by atoms with Crippen molar-refractivity contribution in [2.75, 3.05) is 49.3 Å². The SMILES string of the molecule is CC(C)(C)OC(=O)N=COCCSSCCNC(=O)OOC(=O)NCCSSCCNC(=O)OC(C)(C)C. The summed E-state index contributed by atoms with van der Waals surface area (Å²) in [5.74, 6) is 2.49. The second-order valence-electron chi connectivity index (χ2n) is 8.90. The van der Waals surface area contributed by atoms with Crippen LogP contribution >= 0.6 is 43.2 Å². The van der Waals surface area contributed by atoms with Crippen molar-refractivity contribution in [2.24, 2.45) is 4.99 Å². The van der Waals surface area contributed by atoms with Crippen LogP contribution in [0.4, 0.5) is 19.2 Å². The molecule has 0 bridgehead atoms. The Morgan fingerprint density at radius 3 is 1.53 bits per heavy atom. The minimum Gasteiger partial charge on any atom is -0.482 e. The zero-order valence-electron chi connectivity index (χ0n) is 22.5. The molecule has 0 fully saturated rings. The first-order valence-electron chi connectivity index (χ1n) is 11.5. The Bertz CT molecular complexity index is 747. The van der Waals surface area contributed by atoms with Gasteiger partial charge in [-0.05, 0) is 41.5 Å². The number of carbonyl (C=O) groups is 4. The number of alkyl carbamates (subject to hydrolysis) is 1. The lowest BCUT2D eigenvalue weighted by molar-refractivity contribution is -0.178. The summed E-state index contributed by atoms with van der Waals surface area (Å²) in [4.78, 5) is 58.2. The van der Waals surface area contributed by atoms with Crippen molar-refractivity contribution in [3.8, 4) is 0 Å². The highest BCUT2D eigenvalue weighted by molar-refractivity contribution is 8.77. The summed E-state index contributed by atoms with van der Waals surface area (Å²) < 4.78 is 15.2. The number of rotatable bonds is 15. The normalized spacial score (nSPS) is 11.4. The van der Waals surface area contributed by atoms with Gasteiger partial charge in [0, 0.05) is 42.6 Å². The zero-order valence-corrected chi connectivity index (χ0v) is 25.8. The molecule has 13 nitrogen and oxygen atoms in total. The summed E-state index contributed by atoms with van der Waals surface area (Å²) in [5, 5.41) is 7.55. The third kappa shape index (κ3) is 27.2. The van der Waals surface area contributed by atoms with Gasteiger partial charge in [-0.15, -0.1) is 4.99 Å². The summed E-state index contributed by atoms with van der Waals surface area (Å²) in [6.45, 7) is 12.1. The van der Waals surface area contributed by atoms with Crippen LogP contribution in [0.25, 0.3) is 0 Å². The van der Waals surface area contributed by atoms with E-state index in [0.29, 0.717) is 49.3 Å². The molecule has 4 amide bonds. The molecule has 0 spiro atoms. The van der Waals surface area contributed by atoms with Gasteiger partial charge < -0.3 is 30.2 Å². The van der Waals surface area contributed by atoms with E-state index in [1.54, 1.807) is 41.5 Å². The Morgan fingerprint density at radius 2 is 1.08 bits per heavy atom. The van der Waals surface area contributed by atoms with E-state index in [-0.39, 0.29) is 0 Å². The van der Waals surface area contributed by atoms with Crippen LogP contribution in [0.15, 0.2) is 4.99 Å². The molecule has 0 atom stereocenters. The van der Waals surface area contributed by atoms with Crippen molar-refractivity contribution in [3.05, 3.63) is 0 Å². The molecule has 0 aliphatic rings. The molecule has 3 N–H and O–H groups in total. The van der Waals surface area contributed by atoms with Crippen molar-refractivity contribution < 1.29 is 43.2 Å². The first kappa shape index (κ1) is 36.1. The summed E-state index contributed by atoms with van der Waals surface area (Å²) in [6.07, 6.45) is -1.87. The van der Waals surface area contributed by atoms with Crippen LogP contribution in [0.2, 0.25) is 0 Å². The number of carbonyl (C=O) groups excluding carboxylic acids is 4. The van der Waals surface area contributed by atoms with Crippen molar-refractivity contribution in [1.29, 1.82) is 0 Å². The van der Waals surface area contributed by atoms with Crippen molar-refractivity contribution in [2.45, 2.75) is 52.7 Å². The minimum atomic E-state index is -0.880. The average molecular weight is 619 g/mol. The minimum absolute atomic E-state index is 0.305. The van der Waals surface area contributed by atoms with Crippen LogP contribution in [-0.2, 0) is 24.0 Å². The van der Waals surface area contributed by atoms with E-state index in [1.165, 1.54) is 43.2 Å². The van der Waals surface area contributed by atoms with Gasteiger partial charge >= 0.3 is 24.4 Å². The number of nitrogens with one attached hydrogen (secondary N) is 3. The van der Waals surface area contributed by atoms with Gasteiger partial charge in [-0.2, -0.15) is 0 Å². The van der Waals surface area contributed by atoms with Gasteiger partial charge in [0.25, 0.3) is 0 Å². The third-order valence-electron chi connectivity index (χ3n) is 3.03. The molecule has 0 saturated carbocycles. The number of ether oxygens (including phenoxy) is 3. The van der Waals surface area contributed by atoms with Gasteiger partial charge in [-0.25, -0.2) is 29.0 Å². The topological polar surface area (TPSA) is 163 Å². The zero-order chi connectivity index (χ0) is 28.9. The molecule has 17 heteroatoms. The van der Waals surface area contributed by atoms with Gasteiger partial charge in [-0.1, -0.05) is 43.2 Å². The third-order valence-corrected chi connectivity index (χ3v) is 7.81. The van der Waals surface area contributed by atoms with Gasteiger partial charge in [0.2, 0.25) is 0 Å². The highest BCUT2D eigenvalue weighted by Gasteiger charge is 2.16. The van der Waals surface area contributed by atoms with Crippen molar-refractivity contribution in [3.63, 3.8) is 0 Å². The molecule has 0 saturated heterocycles. The monoisotopic (exact) mass is 618 g/mol. The Balaban J connectivity index is 3.52. The molecular weight excluding hydrogens is 581 g/mol. The molecule has 0 radical (unpaired) electrons. The summed E-state index contributed by atoms with van der Waals surface area (Å²) >= 11 is 0. The molecule has 0 aromatic heterocycles. The Morgan fingerprint density at radius 1 is 0.658 bits per heavy atom. The maximum absolute atomic E-state index is 11.5. The first-order valence-corrected chi connectivity index (χ1v) is 16.5. The largest absolute Gasteiger partial charge is 0.482 e. The molecule has 0 unspecified atom stereocenters. The molecular formula is C21H38N4O9S4. The smallest absolute Gasteiger partial charge is 0.450 e. The molecule has 0 aromatic carbocycles. The van der Waals surface area contributed by atoms with Crippen LogP contribution in [0.1, 0.15) is 41.5 Å². The van der Waals surface area contributed by atoms with Gasteiger partial charge in [0.15, 0.2) is 6.40 Å². The van der Waals surface area contributed by atoms with E-state index < -0.39 is 35.6 Å². The van der Waals surface area contributed by atoms with Crippen LogP contribution in [-0.4, -0.2) is 91.2 Å². The number of nitrogens with zero attached hydrogens (tertiary/aromatic N) is 1. The Kier molecular flexibility index (Phi) is 20.0. The number of amides is 4. The number of hydrogen-bond donors (Lipinski definition) is 3. The standard InChI is InChI=1S/C21H38N4O9S4/c1-20(2,3)31-16(26)22-7-11-35-36-12-8-23-18(28)33-34-19(29)24-9-13-37-38-14-10-30-15-25-17(27)32-21(4,5)6/h15H,7-14H2,1-6H3,(H,22,26)(H,23,28)(H,24,29). The Labute approximate surface area is 239 Å². The fraction of sp³-hybridized carbons (Fsp3) is 0.762. The second kappa shape index (κ2) is 21.0. The number of hydrogen-bond acceptors (Lipinski definition) is 13. The van der Waals surface area contributed by atoms with Gasteiger partial charge in [0.05, 0.1) is 6.61 Å². The van der Waals surface area contributed by atoms with Crippen molar-refractivity contribution in [1.82, 2.24) is 16.0 Å². The summed E-state index contributed by atoms with van der Waals surface area (Å²) in [6, 6.07) is 0. The summed E-state index contributed by atoms with van der Waals surface area (Å²) in [7, 11) is 6.04. The van der Waals surface area contributed by atoms with E-state index in [0.717, 1.165) is 6.40 Å². The maximum Gasteiger partial charge on any atom is 0.450 e. The molecule has 38 heavy (non-hydrogen) atoms. The molecule has 0 heterocycles. The lowest BCUT2D eigenvalue weighted by Gasteiger charge is -2.19. The molecule has 0 aliphatic heterocycles. The molecule has 0 aliphatic carbocycles. The average Bonchev–Trinajstić information content (AvgIpc) is 2.78. The lowest BCUT2D eigenvalue weighted by atomic mass is 10.2. The predicted octanol–water partition coefficient (Wildman–Crippen LogP) is 4.62. The maximum atomic E-state index is 11.5. The Hall–Kier alpha value is -1.85. The lowest BCUT2D eigenvalue weighted by Crippen LogP contribution is -2.33.